The molecule has 1 heterocycles. The molecule has 0 aliphatic carbocycles. The van der Waals surface area contributed by atoms with E-state index in [9.17, 15) is 4.39 Å². The van der Waals surface area contributed by atoms with Crippen LogP contribution in [-0.4, -0.2) is 0 Å². The Hall–Kier alpha value is -1.31. The highest BCUT2D eigenvalue weighted by molar-refractivity contribution is 5.68. The number of allylic oxidation sites excluding steroid dienone is 1. The summed E-state index contributed by atoms with van der Waals surface area (Å²) in [6.07, 6.45) is 0. The third-order valence-corrected chi connectivity index (χ3v) is 3.63. The molecule has 2 heteroatoms. The molecule has 0 saturated heterocycles. The number of nitrogens with one attached hydrogen (secondary N) is 1. The van der Waals surface area contributed by atoms with Gasteiger partial charge in [0.2, 0.25) is 0 Å². The second-order valence-electron chi connectivity index (χ2n) is 4.62. The van der Waals surface area contributed by atoms with E-state index in [1.54, 1.807) is 6.07 Å². The summed E-state index contributed by atoms with van der Waals surface area (Å²) in [6.45, 7) is 10.4. The molecule has 1 unspecified atom stereocenters. The molecule has 0 saturated carbocycles. The first-order chi connectivity index (χ1) is 6.98. The lowest BCUT2D eigenvalue weighted by Gasteiger charge is -2.30. The van der Waals surface area contributed by atoms with Gasteiger partial charge in [-0.3, -0.25) is 0 Å². The van der Waals surface area contributed by atoms with E-state index in [1.165, 1.54) is 6.07 Å². The minimum Gasteiger partial charge on any atom is -0.356 e. The van der Waals surface area contributed by atoms with Crippen LogP contribution in [0.3, 0.4) is 0 Å². The quantitative estimate of drug-likeness (QED) is 0.737. The Kier molecular flexibility index (Phi) is 2.10. The van der Waals surface area contributed by atoms with Crippen molar-refractivity contribution in [3.05, 3.63) is 41.9 Å². The summed E-state index contributed by atoms with van der Waals surface area (Å²) in [5.41, 5.74) is 2.33. The van der Waals surface area contributed by atoms with Gasteiger partial charge in [-0.05, 0) is 24.5 Å². The van der Waals surface area contributed by atoms with Crippen LogP contribution in [0.4, 0.5) is 10.1 Å². The van der Waals surface area contributed by atoms with Crippen LogP contribution in [0.25, 0.3) is 0 Å². The summed E-state index contributed by atoms with van der Waals surface area (Å²) in [6, 6.07) is 5.21. The number of halogens is 1. The summed E-state index contributed by atoms with van der Waals surface area (Å²) in [4.78, 5) is 0. The number of para-hydroxylation sites is 1. The number of hydrogen-bond acceptors (Lipinski definition) is 1. The second kappa shape index (κ2) is 3.09. The van der Waals surface area contributed by atoms with Crippen LogP contribution in [-0.2, 0) is 5.41 Å². The van der Waals surface area contributed by atoms with Crippen molar-refractivity contribution >= 4 is 5.69 Å². The van der Waals surface area contributed by atoms with Gasteiger partial charge in [-0.1, -0.05) is 32.6 Å². The maximum atomic E-state index is 13.6. The Morgan fingerprint density at radius 2 is 2.07 bits per heavy atom. The molecule has 1 aromatic carbocycles. The molecule has 1 aliphatic rings. The lowest BCUT2D eigenvalue weighted by molar-refractivity contribution is 0.412. The third kappa shape index (κ3) is 1.21. The van der Waals surface area contributed by atoms with E-state index in [-0.39, 0.29) is 11.2 Å². The summed E-state index contributed by atoms with van der Waals surface area (Å²) in [5, 5.41) is 3.07. The second-order valence-corrected chi connectivity index (χ2v) is 4.62. The van der Waals surface area contributed by atoms with Crippen molar-refractivity contribution in [1.29, 1.82) is 0 Å². The van der Waals surface area contributed by atoms with E-state index in [0.29, 0.717) is 11.6 Å². The molecule has 1 aliphatic heterocycles. The number of hydrogen-bond donors (Lipinski definition) is 1. The van der Waals surface area contributed by atoms with Crippen LogP contribution in [0.15, 0.2) is 30.5 Å². The lowest BCUT2D eigenvalue weighted by Crippen LogP contribution is -2.28. The van der Waals surface area contributed by atoms with Gasteiger partial charge in [0.1, 0.15) is 5.82 Å². The molecule has 0 radical (unpaired) electrons. The van der Waals surface area contributed by atoms with Crippen LogP contribution in [0.2, 0.25) is 0 Å². The van der Waals surface area contributed by atoms with Crippen LogP contribution < -0.4 is 5.32 Å². The largest absolute Gasteiger partial charge is 0.356 e. The topological polar surface area (TPSA) is 12.0 Å². The average Bonchev–Trinajstić information content (AvgIpc) is 2.44. The number of benzene rings is 1. The Morgan fingerprint density at radius 3 is 2.67 bits per heavy atom. The van der Waals surface area contributed by atoms with Gasteiger partial charge in [0.25, 0.3) is 0 Å². The Labute approximate surface area is 90.0 Å². The molecule has 1 nitrogen and oxygen atoms in total. The molecule has 0 amide bonds. The van der Waals surface area contributed by atoms with Gasteiger partial charge in [-0.15, -0.1) is 0 Å². The van der Waals surface area contributed by atoms with Crippen LogP contribution in [0.1, 0.15) is 26.3 Å². The predicted octanol–water partition coefficient (Wildman–Crippen LogP) is 3.68. The molecule has 0 bridgehead atoms. The van der Waals surface area contributed by atoms with Crippen molar-refractivity contribution in [3.63, 3.8) is 0 Å². The van der Waals surface area contributed by atoms with E-state index in [4.69, 9.17) is 0 Å². The molecule has 1 atom stereocenters. The Morgan fingerprint density at radius 1 is 1.40 bits per heavy atom. The minimum atomic E-state index is -0.196. The van der Waals surface area contributed by atoms with Gasteiger partial charge in [-0.25, -0.2) is 4.39 Å². The third-order valence-electron chi connectivity index (χ3n) is 3.63. The van der Waals surface area contributed by atoms with E-state index < -0.39 is 0 Å². The predicted molar refractivity (Wildman–Crippen MR) is 61.4 cm³/mol. The summed E-state index contributed by atoms with van der Waals surface area (Å²) >= 11 is 0. The smallest absolute Gasteiger partial charge is 0.146 e. The van der Waals surface area contributed by atoms with E-state index in [2.05, 4.69) is 32.7 Å². The monoisotopic (exact) mass is 205 g/mol. The van der Waals surface area contributed by atoms with Crippen molar-refractivity contribution in [2.24, 2.45) is 5.92 Å². The van der Waals surface area contributed by atoms with Crippen LogP contribution in [0, 0.1) is 11.7 Å². The van der Waals surface area contributed by atoms with Crippen LogP contribution in [0.5, 0.6) is 0 Å². The zero-order valence-corrected chi connectivity index (χ0v) is 9.39. The normalized spacial score (nSPS) is 24.2. The zero-order valence-electron chi connectivity index (χ0n) is 9.39. The van der Waals surface area contributed by atoms with Crippen LogP contribution >= 0.6 is 0 Å². The standard InChI is InChI=1S/C13H16FN/c1-8(2)13(4)9(3)15-12-10(13)6-5-7-11(12)14/h5-8,15H,3H2,1-2,4H3. The molecule has 0 spiro atoms. The highest BCUT2D eigenvalue weighted by Gasteiger charge is 2.41. The summed E-state index contributed by atoms with van der Waals surface area (Å²) in [5.74, 6) is 0.193. The molecule has 15 heavy (non-hydrogen) atoms. The van der Waals surface area contributed by atoms with Crippen molar-refractivity contribution in [2.45, 2.75) is 26.2 Å². The molecular weight excluding hydrogens is 189 g/mol. The highest BCUT2D eigenvalue weighted by Crippen LogP contribution is 2.48. The number of fused-ring (bicyclic) bond motifs is 1. The fourth-order valence-corrected chi connectivity index (χ4v) is 2.19. The first kappa shape index (κ1) is 10.2. The van der Waals surface area contributed by atoms with Gasteiger partial charge >= 0.3 is 0 Å². The van der Waals surface area contributed by atoms with Gasteiger partial charge in [0.05, 0.1) is 5.69 Å². The maximum Gasteiger partial charge on any atom is 0.146 e. The van der Waals surface area contributed by atoms with E-state index in [1.807, 2.05) is 6.07 Å². The number of anilines is 1. The maximum absolute atomic E-state index is 13.6. The molecule has 0 fully saturated rings. The fourth-order valence-electron chi connectivity index (χ4n) is 2.19. The van der Waals surface area contributed by atoms with Gasteiger partial charge in [0.15, 0.2) is 0 Å². The van der Waals surface area contributed by atoms with Gasteiger partial charge in [0, 0.05) is 11.1 Å². The molecule has 0 aromatic heterocycles. The molecule has 80 valence electrons. The van der Waals surface area contributed by atoms with Gasteiger partial charge in [-0.2, -0.15) is 0 Å². The Bertz CT molecular complexity index is 423. The van der Waals surface area contributed by atoms with Crippen molar-refractivity contribution in [1.82, 2.24) is 0 Å². The van der Waals surface area contributed by atoms with Gasteiger partial charge < -0.3 is 5.32 Å². The number of rotatable bonds is 1. The minimum absolute atomic E-state index is 0.169. The highest BCUT2D eigenvalue weighted by atomic mass is 19.1. The lowest BCUT2D eigenvalue weighted by atomic mass is 9.73. The average molecular weight is 205 g/mol. The van der Waals surface area contributed by atoms with E-state index >= 15 is 0 Å². The SMILES string of the molecule is C=C1Nc2c(F)cccc2C1(C)C(C)C. The molecule has 1 aromatic rings. The molecular formula is C13H16FN. The van der Waals surface area contributed by atoms with Crippen molar-refractivity contribution in [2.75, 3.05) is 5.32 Å². The fraction of sp³-hybridized carbons (Fsp3) is 0.385. The summed E-state index contributed by atoms with van der Waals surface area (Å²) in [7, 11) is 0. The Balaban J connectivity index is 2.65. The van der Waals surface area contributed by atoms with Crippen molar-refractivity contribution in [3.8, 4) is 0 Å². The van der Waals surface area contributed by atoms with Crippen molar-refractivity contribution < 1.29 is 4.39 Å². The van der Waals surface area contributed by atoms with E-state index in [0.717, 1.165) is 11.3 Å². The summed E-state index contributed by atoms with van der Waals surface area (Å²) < 4.78 is 13.6. The zero-order chi connectivity index (χ0) is 11.2. The molecule has 1 N–H and O–H groups in total. The first-order valence-electron chi connectivity index (χ1n) is 5.23. The molecule has 2 rings (SSSR count). The first-order valence-corrected chi connectivity index (χ1v) is 5.23.